The highest BCUT2D eigenvalue weighted by atomic mass is 32.1. The van der Waals surface area contributed by atoms with Crippen molar-refractivity contribution in [1.29, 1.82) is 0 Å². The van der Waals surface area contributed by atoms with Crippen molar-refractivity contribution < 1.29 is 18.3 Å². The van der Waals surface area contributed by atoms with Crippen LogP contribution in [0.15, 0.2) is 54.2 Å². The third-order valence-corrected chi connectivity index (χ3v) is 8.94. The summed E-state index contributed by atoms with van der Waals surface area (Å²) < 4.78 is 46.5. The molecule has 1 aliphatic rings. The second-order valence-corrected chi connectivity index (χ2v) is 11.8. The van der Waals surface area contributed by atoms with Gasteiger partial charge in [0.2, 0.25) is 0 Å². The highest BCUT2D eigenvalue weighted by Crippen LogP contribution is 2.47. The van der Waals surface area contributed by atoms with Crippen LogP contribution in [-0.4, -0.2) is 51.2 Å². The summed E-state index contributed by atoms with van der Waals surface area (Å²) in [6.07, 6.45) is 3.79. The van der Waals surface area contributed by atoms with Gasteiger partial charge in [-0.15, -0.1) is 11.3 Å². The quantitative estimate of drug-likeness (QED) is 0.201. The van der Waals surface area contributed by atoms with Gasteiger partial charge in [0.1, 0.15) is 35.4 Å². The van der Waals surface area contributed by atoms with Gasteiger partial charge < -0.3 is 19.4 Å². The summed E-state index contributed by atoms with van der Waals surface area (Å²) in [5.41, 5.74) is 6.13. The van der Waals surface area contributed by atoms with Gasteiger partial charge in [-0.05, 0) is 43.5 Å². The molecule has 0 bridgehead atoms. The molecule has 220 valence electrons. The Balaban J connectivity index is 1.54. The van der Waals surface area contributed by atoms with Crippen molar-refractivity contribution in [3.05, 3.63) is 71.5 Å². The molecule has 0 saturated heterocycles. The number of methoxy groups -OCH3 is 1. The summed E-state index contributed by atoms with van der Waals surface area (Å²) in [6.45, 7) is 5.36. The SMILES string of the molecule is COCCOc1cc(F)cc(F)c1-c1c(-c2cc3n(n2)C(C)CNC3C)nc(-c2cnc3ccn(C)c3c2)c2sccc12. The Bertz CT molecular complexity index is 1970. The van der Waals surface area contributed by atoms with Crippen LogP contribution in [0.5, 0.6) is 5.75 Å². The van der Waals surface area contributed by atoms with E-state index in [2.05, 4.69) is 30.2 Å². The average molecular weight is 601 g/mol. The number of fused-ring (bicyclic) bond motifs is 3. The number of benzene rings is 1. The molecule has 0 saturated carbocycles. The molecule has 0 amide bonds. The van der Waals surface area contributed by atoms with Gasteiger partial charge in [-0.25, -0.2) is 13.8 Å². The first-order valence-electron chi connectivity index (χ1n) is 14.1. The molecule has 43 heavy (non-hydrogen) atoms. The maximum absolute atomic E-state index is 16.0. The number of thiophene rings is 1. The van der Waals surface area contributed by atoms with Gasteiger partial charge in [-0.2, -0.15) is 5.10 Å². The zero-order valence-electron chi connectivity index (χ0n) is 24.2. The second-order valence-electron chi connectivity index (χ2n) is 10.9. The monoisotopic (exact) mass is 600 g/mol. The second kappa shape index (κ2) is 10.8. The highest BCUT2D eigenvalue weighted by molar-refractivity contribution is 7.17. The number of halogens is 2. The van der Waals surface area contributed by atoms with Crippen molar-refractivity contribution in [2.75, 3.05) is 26.9 Å². The maximum Gasteiger partial charge on any atom is 0.137 e. The van der Waals surface area contributed by atoms with Crippen molar-refractivity contribution in [1.82, 2.24) is 29.6 Å². The van der Waals surface area contributed by atoms with E-state index < -0.39 is 11.6 Å². The first kappa shape index (κ1) is 27.6. The number of hydrogen-bond donors (Lipinski definition) is 1. The van der Waals surface area contributed by atoms with Gasteiger partial charge in [-0.3, -0.25) is 9.67 Å². The standard InChI is InChI=1S/C32H30F2N6O2S/c1-17-15-35-18(2)25-14-24(38-40(17)25)31-28(29-22(34)12-20(33)13-27(29)42-9-8-41-4)21-6-10-43-32(21)30(37-31)19-11-26-23(36-16-19)5-7-39(26)3/h5-7,10-14,16-18,35H,8-9,15H2,1-4H3. The molecule has 0 aliphatic carbocycles. The molecule has 11 heteroatoms. The van der Waals surface area contributed by atoms with E-state index in [1.54, 1.807) is 7.11 Å². The lowest BCUT2D eigenvalue weighted by Gasteiger charge is -2.27. The predicted octanol–water partition coefficient (Wildman–Crippen LogP) is 6.91. The van der Waals surface area contributed by atoms with Gasteiger partial charge in [0, 0.05) is 67.8 Å². The molecule has 1 aliphatic heterocycles. The van der Waals surface area contributed by atoms with Crippen LogP contribution in [0, 0.1) is 11.6 Å². The van der Waals surface area contributed by atoms with E-state index in [0.29, 0.717) is 22.6 Å². The Morgan fingerprint density at radius 3 is 2.74 bits per heavy atom. The van der Waals surface area contributed by atoms with Gasteiger partial charge in [-0.1, -0.05) is 0 Å². The topological polar surface area (TPSA) is 79.0 Å². The van der Waals surface area contributed by atoms with Crippen molar-refractivity contribution in [2.45, 2.75) is 25.9 Å². The summed E-state index contributed by atoms with van der Waals surface area (Å²) >= 11 is 1.51. The normalized spacial score (nSPS) is 16.7. The number of ether oxygens (including phenoxy) is 2. The van der Waals surface area contributed by atoms with E-state index in [9.17, 15) is 4.39 Å². The minimum atomic E-state index is -0.741. The molecule has 2 atom stereocenters. The lowest BCUT2D eigenvalue weighted by molar-refractivity contribution is 0.146. The van der Waals surface area contributed by atoms with Gasteiger partial charge in [0.05, 0.1) is 45.3 Å². The largest absolute Gasteiger partial charge is 0.490 e. The van der Waals surface area contributed by atoms with Crippen LogP contribution in [0.2, 0.25) is 0 Å². The number of rotatable bonds is 7. The number of nitrogens with zero attached hydrogens (tertiary/aromatic N) is 5. The number of aromatic nitrogens is 5. The molecule has 0 radical (unpaired) electrons. The zero-order valence-corrected chi connectivity index (χ0v) is 25.0. The van der Waals surface area contributed by atoms with E-state index in [1.807, 2.05) is 52.3 Å². The molecule has 6 heterocycles. The first-order chi connectivity index (χ1) is 20.8. The summed E-state index contributed by atoms with van der Waals surface area (Å²) in [7, 11) is 3.52. The minimum absolute atomic E-state index is 0.0738. The number of pyridine rings is 2. The van der Waals surface area contributed by atoms with Crippen LogP contribution in [0.1, 0.15) is 31.6 Å². The Labute approximate surface area is 250 Å². The molecule has 6 aromatic rings. The van der Waals surface area contributed by atoms with E-state index in [4.69, 9.17) is 19.6 Å². The Morgan fingerprint density at radius 2 is 1.93 bits per heavy atom. The summed E-state index contributed by atoms with van der Waals surface area (Å²) in [5.74, 6) is -1.39. The van der Waals surface area contributed by atoms with E-state index in [1.165, 1.54) is 17.4 Å². The maximum atomic E-state index is 16.0. The molecule has 1 N–H and O–H groups in total. The molecule has 0 fully saturated rings. The van der Waals surface area contributed by atoms with Crippen molar-refractivity contribution in [2.24, 2.45) is 7.05 Å². The lowest BCUT2D eigenvalue weighted by Crippen LogP contribution is -2.34. The Kier molecular flexibility index (Phi) is 6.95. The third kappa shape index (κ3) is 4.68. The molecular formula is C32H30F2N6O2S. The average Bonchev–Trinajstić information content (AvgIpc) is 3.74. The lowest BCUT2D eigenvalue weighted by atomic mass is 9.95. The number of hydrogen-bond acceptors (Lipinski definition) is 7. The van der Waals surface area contributed by atoms with Crippen LogP contribution in [-0.2, 0) is 11.8 Å². The molecular weight excluding hydrogens is 570 g/mol. The summed E-state index contributed by atoms with van der Waals surface area (Å²) in [4.78, 5) is 9.92. The van der Waals surface area contributed by atoms with Gasteiger partial charge in [0.25, 0.3) is 0 Å². The highest BCUT2D eigenvalue weighted by Gasteiger charge is 2.29. The van der Waals surface area contributed by atoms with Crippen LogP contribution >= 0.6 is 11.3 Å². The van der Waals surface area contributed by atoms with E-state index in [0.717, 1.165) is 45.0 Å². The predicted molar refractivity (Wildman–Crippen MR) is 164 cm³/mol. The number of nitrogens with one attached hydrogen (secondary N) is 1. The van der Waals surface area contributed by atoms with Crippen molar-refractivity contribution >= 4 is 32.5 Å². The van der Waals surface area contributed by atoms with Crippen LogP contribution in [0.4, 0.5) is 8.78 Å². The summed E-state index contributed by atoms with van der Waals surface area (Å²) in [5, 5.41) is 11.2. The van der Waals surface area contributed by atoms with Gasteiger partial charge in [0.15, 0.2) is 0 Å². The van der Waals surface area contributed by atoms with Crippen molar-refractivity contribution in [3.63, 3.8) is 0 Å². The molecule has 5 aromatic heterocycles. The zero-order chi connectivity index (χ0) is 29.8. The fourth-order valence-corrected chi connectivity index (χ4v) is 6.73. The van der Waals surface area contributed by atoms with E-state index >= 15 is 4.39 Å². The molecule has 2 unspecified atom stereocenters. The van der Waals surface area contributed by atoms with Crippen LogP contribution in [0.25, 0.3) is 54.9 Å². The number of aryl methyl sites for hydroxylation is 1. The fourth-order valence-electron chi connectivity index (χ4n) is 5.82. The summed E-state index contributed by atoms with van der Waals surface area (Å²) in [6, 6.07) is 10.3. The molecule has 0 spiro atoms. The minimum Gasteiger partial charge on any atom is -0.490 e. The van der Waals surface area contributed by atoms with Crippen LogP contribution in [0.3, 0.4) is 0 Å². The molecule has 1 aromatic carbocycles. The third-order valence-electron chi connectivity index (χ3n) is 8.02. The van der Waals surface area contributed by atoms with Crippen molar-refractivity contribution in [3.8, 4) is 39.5 Å². The smallest absolute Gasteiger partial charge is 0.137 e. The molecule has 8 nitrogen and oxygen atoms in total. The van der Waals surface area contributed by atoms with Gasteiger partial charge >= 0.3 is 0 Å². The Hall–Kier alpha value is -4.19. The van der Waals surface area contributed by atoms with E-state index in [-0.39, 0.29) is 36.6 Å². The Morgan fingerprint density at radius 1 is 1.07 bits per heavy atom. The first-order valence-corrected chi connectivity index (χ1v) is 15.0. The molecule has 7 rings (SSSR count). The van der Waals surface area contributed by atoms with Crippen LogP contribution < -0.4 is 10.1 Å². The fraction of sp³-hybridized carbons (Fsp3) is 0.281.